The standard InChI is InChI=1S/C23H21N3O5/c1-2-21(31-20-14-10-17(11-15-20)16-6-4-3-5-7-16)23(28)25-24-22(27)18-8-12-19(13-9-18)26(29)30/h3-15,21H,2H2,1H3,(H,24,27)(H,25,28). The highest BCUT2D eigenvalue weighted by Gasteiger charge is 2.19. The number of amides is 2. The van der Waals surface area contributed by atoms with Crippen LogP contribution in [-0.4, -0.2) is 22.8 Å². The van der Waals surface area contributed by atoms with Gasteiger partial charge in [-0.1, -0.05) is 49.4 Å². The molecule has 0 bridgehead atoms. The minimum absolute atomic E-state index is 0.127. The highest BCUT2D eigenvalue weighted by atomic mass is 16.6. The molecule has 0 radical (unpaired) electrons. The summed E-state index contributed by atoms with van der Waals surface area (Å²) in [4.78, 5) is 34.7. The Balaban J connectivity index is 1.56. The van der Waals surface area contributed by atoms with Gasteiger partial charge in [0.25, 0.3) is 17.5 Å². The zero-order valence-corrected chi connectivity index (χ0v) is 16.8. The molecule has 0 spiro atoms. The van der Waals surface area contributed by atoms with Crippen LogP contribution in [0.1, 0.15) is 23.7 Å². The SMILES string of the molecule is CCC(Oc1ccc(-c2ccccc2)cc1)C(=O)NNC(=O)c1ccc([N+](=O)[O-])cc1. The number of nitro groups is 1. The normalized spacial score (nSPS) is 11.3. The number of non-ortho nitro benzene ring substituents is 1. The van der Waals surface area contributed by atoms with Gasteiger partial charge < -0.3 is 4.74 Å². The molecular formula is C23H21N3O5. The number of carbonyl (C=O) groups excluding carboxylic acids is 2. The van der Waals surface area contributed by atoms with Crippen LogP contribution in [0.25, 0.3) is 11.1 Å². The zero-order chi connectivity index (χ0) is 22.2. The summed E-state index contributed by atoms with van der Waals surface area (Å²) in [6, 6.07) is 22.3. The summed E-state index contributed by atoms with van der Waals surface area (Å²) in [6.45, 7) is 1.79. The number of hydrogen-bond acceptors (Lipinski definition) is 5. The Bertz CT molecular complexity index is 1050. The van der Waals surface area contributed by atoms with E-state index in [0.29, 0.717) is 12.2 Å². The fourth-order valence-corrected chi connectivity index (χ4v) is 2.85. The second-order valence-electron chi connectivity index (χ2n) is 6.65. The van der Waals surface area contributed by atoms with Crippen LogP contribution in [0.3, 0.4) is 0 Å². The molecule has 3 rings (SSSR count). The Kier molecular flexibility index (Phi) is 6.95. The third-order valence-electron chi connectivity index (χ3n) is 4.54. The van der Waals surface area contributed by atoms with E-state index in [0.717, 1.165) is 11.1 Å². The van der Waals surface area contributed by atoms with Gasteiger partial charge in [0, 0.05) is 17.7 Å². The van der Waals surface area contributed by atoms with Crippen LogP contribution in [0, 0.1) is 10.1 Å². The molecule has 0 aromatic heterocycles. The van der Waals surface area contributed by atoms with E-state index in [-0.39, 0.29) is 11.3 Å². The smallest absolute Gasteiger partial charge is 0.279 e. The summed E-state index contributed by atoms with van der Waals surface area (Å²) in [5.74, 6) is -0.571. The van der Waals surface area contributed by atoms with Gasteiger partial charge in [-0.05, 0) is 41.8 Å². The molecule has 8 nitrogen and oxygen atoms in total. The molecule has 0 aliphatic rings. The molecule has 0 aliphatic heterocycles. The topological polar surface area (TPSA) is 111 Å². The van der Waals surface area contributed by atoms with Crippen molar-refractivity contribution in [3.63, 3.8) is 0 Å². The maximum atomic E-state index is 12.4. The average Bonchev–Trinajstić information content (AvgIpc) is 2.81. The van der Waals surface area contributed by atoms with Crippen LogP contribution in [0.2, 0.25) is 0 Å². The molecule has 0 aliphatic carbocycles. The number of rotatable bonds is 7. The van der Waals surface area contributed by atoms with Crippen LogP contribution in [0.5, 0.6) is 5.75 Å². The summed E-state index contributed by atoms with van der Waals surface area (Å²) in [5, 5.41) is 10.7. The molecule has 8 heteroatoms. The number of carbonyl (C=O) groups is 2. The van der Waals surface area contributed by atoms with E-state index < -0.39 is 22.8 Å². The maximum absolute atomic E-state index is 12.4. The predicted octanol–water partition coefficient (Wildman–Crippen LogP) is 3.88. The van der Waals surface area contributed by atoms with Crippen molar-refractivity contribution >= 4 is 17.5 Å². The van der Waals surface area contributed by atoms with Gasteiger partial charge in [-0.2, -0.15) is 0 Å². The molecule has 3 aromatic carbocycles. The van der Waals surface area contributed by atoms with Crippen LogP contribution < -0.4 is 15.6 Å². The zero-order valence-electron chi connectivity index (χ0n) is 16.8. The fourth-order valence-electron chi connectivity index (χ4n) is 2.85. The third-order valence-corrected chi connectivity index (χ3v) is 4.54. The van der Waals surface area contributed by atoms with Gasteiger partial charge in [0.1, 0.15) is 5.75 Å². The van der Waals surface area contributed by atoms with E-state index in [1.807, 2.05) is 42.5 Å². The number of benzene rings is 3. The second-order valence-corrected chi connectivity index (χ2v) is 6.65. The molecule has 0 saturated heterocycles. The van der Waals surface area contributed by atoms with Gasteiger partial charge in [-0.15, -0.1) is 0 Å². The van der Waals surface area contributed by atoms with Crippen LogP contribution in [0.15, 0.2) is 78.9 Å². The van der Waals surface area contributed by atoms with Crippen molar-refractivity contribution in [2.45, 2.75) is 19.4 Å². The fraction of sp³-hybridized carbons (Fsp3) is 0.130. The molecular weight excluding hydrogens is 398 g/mol. The molecule has 0 heterocycles. The monoisotopic (exact) mass is 419 g/mol. The van der Waals surface area contributed by atoms with Crippen LogP contribution in [0.4, 0.5) is 5.69 Å². The van der Waals surface area contributed by atoms with Crippen molar-refractivity contribution in [2.75, 3.05) is 0 Å². The first kappa shape index (κ1) is 21.5. The predicted molar refractivity (Wildman–Crippen MR) is 115 cm³/mol. The van der Waals surface area contributed by atoms with E-state index in [4.69, 9.17) is 4.74 Å². The Hall–Kier alpha value is -4.20. The number of hydrazine groups is 1. The summed E-state index contributed by atoms with van der Waals surface area (Å²) in [7, 11) is 0. The average molecular weight is 419 g/mol. The molecule has 1 unspecified atom stereocenters. The van der Waals surface area contributed by atoms with Crippen molar-refractivity contribution in [1.29, 1.82) is 0 Å². The minimum Gasteiger partial charge on any atom is -0.481 e. The quantitative estimate of drug-likeness (QED) is 0.446. The Morgan fingerprint density at radius 3 is 2.10 bits per heavy atom. The molecule has 2 amide bonds. The van der Waals surface area contributed by atoms with Gasteiger partial charge in [-0.25, -0.2) is 0 Å². The number of nitrogens with one attached hydrogen (secondary N) is 2. The van der Waals surface area contributed by atoms with Gasteiger partial charge in [0.2, 0.25) is 0 Å². The van der Waals surface area contributed by atoms with Crippen molar-refractivity contribution < 1.29 is 19.2 Å². The lowest BCUT2D eigenvalue weighted by molar-refractivity contribution is -0.384. The first-order valence-electron chi connectivity index (χ1n) is 9.64. The number of hydrogen-bond donors (Lipinski definition) is 2. The van der Waals surface area contributed by atoms with Gasteiger partial charge in [0.05, 0.1) is 4.92 Å². The Labute approximate surface area is 179 Å². The summed E-state index contributed by atoms with van der Waals surface area (Å²) < 4.78 is 5.76. The first-order valence-corrected chi connectivity index (χ1v) is 9.64. The number of ether oxygens (including phenoxy) is 1. The largest absolute Gasteiger partial charge is 0.481 e. The van der Waals surface area contributed by atoms with E-state index in [1.54, 1.807) is 19.1 Å². The highest BCUT2D eigenvalue weighted by Crippen LogP contribution is 2.23. The first-order chi connectivity index (χ1) is 15.0. The number of nitro benzene ring substituents is 1. The van der Waals surface area contributed by atoms with E-state index in [9.17, 15) is 19.7 Å². The van der Waals surface area contributed by atoms with Crippen LogP contribution in [-0.2, 0) is 4.79 Å². The Morgan fingerprint density at radius 2 is 1.52 bits per heavy atom. The lowest BCUT2D eigenvalue weighted by Gasteiger charge is -2.18. The molecule has 3 aromatic rings. The van der Waals surface area contributed by atoms with Crippen LogP contribution >= 0.6 is 0 Å². The lowest BCUT2D eigenvalue weighted by atomic mass is 10.1. The molecule has 1 atom stereocenters. The van der Waals surface area contributed by atoms with Gasteiger partial charge in [-0.3, -0.25) is 30.6 Å². The van der Waals surface area contributed by atoms with E-state index in [1.165, 1.54) is 24.3 Å². The number of nitrogens with zero attached hydrogens (tertiary/aromatic N) is 1. The van der Waals surface area contributed by atoms with Crippen molar-refractivity contribution in [1.82, 2.24) is 10.9 Å². The molecule has 2 N–H and O–H groups in total. The van der Waals surface area contributed by atoms with Gasteiger partial charge >= 0.3 is 0 Å². The van der Waals surface area contributed by atoms with Crippen molar-refractivity contribution in [3.05, 3.63) is 94.5 Å². The molecule has 158 valence electrons. The Morgan fingerprint density at radius 1 is 0.903 bits per heavy atom. The van der Waals surface area contributed by atoms with Gasteiger partial charge in [0.15, 0.2) is 6.10 Å². The lowest BCUT2D eigenvalue weighted by Crippen LogP contribution is -2.47. The van der Waals surface area contributed by atoms with Crippen molar-refractivity contribution in [3.8, 4) is 16.9 Å². The second kappa shape index (κ2) is 10.0. The molecule has 0 fully saturated rings. The van der Waals surface area contributed by atoms with E-state index >= 15 is 0 Å². The highest BCUT2D eigenvalue weighted by molar-refractivity contribution is 5.96. The third kappa shape index (κ3) is 5.66. The summed E-state index contributed by atoms with van der Waals surface area (Å²) in [6.07, 6.45) is -0.417. The maximum Gasteiger partial charge on any atom is 0.279 e. The summed E-state index contributed by atoms with van der Waals surface area (Å²) in [5.41, 5.74) is 6.78. The molecule has 0 saturated carbocycles. The summed E-state index contributed by atoms with van der Waals surface area (Å²) >= 11 is 0. The van der Waals surface area contributed by atoms with Crippen molar-refractivity contribution in [2.24, 2.45) is 0 Å². The van der Waals surface area contributed by atoms with E-state index in [2.05, 4.69) is 10.9 Å². The minimum atomic E-state index is -0.806. The molecule has 31 heavy (non-hydrogen) atoms.